The summed E-state index contributed by atoms with van der Waals surface area (Å²) in [5, 5.41) is 12.1. The van der Waals surface area contributed by atoms with Gasteiger partial charge in [-0.05, 0) is 29.3 Å². The van der Waals surface area contributed by atoms with E-state index in [1.807, 2.05) is 42.5 Å². The van der Waals surface area contributed by atoms with Gasteiger partial charge in [-0.1, -0.05) is 53.9 Å². The number of benzene rings is 2. The molecule has 4 nitrogen and oxygen atoms in total. The topological polar surface area (TPSA) is 61.7 Å². The highest BCUT2D eigenvalue weighted by Gasteiger charge is 2.14. The Morgan fingerprint density at radius 3 is 2.92 bits per heavy atom. The number of nitrogens with one attached hydrogen (secondary N) is 1. The average molecular weight is 358 g/mol. The molecule has 0 bridgehead atoms. The highest BCUT2D eigenvalue weighted by Crippen LogP contribution is 2.26. The van der Waals surface area contributed by atoms with Gasteiger partial charge in [0.05, 0.1) is 13.2 Å². The van der Waals surface area contributed by atoms with Crippen molar-refractivity contribution in [3.63, 3.8) is 0 Å². The minimum absolute atomic E-state index is 0.0449. The predicted molar refractivity (Wildman–Crippen MR) is 103 cm³/mol. The average Bonchev–Trinajstić information content (AvgIpc) is 3.14. The molecule has 24 heavy (non-hydrogen) atoms. The van der Waals surface area contributed by atoms with Crippen LogP contribution in [0.25, 0.3) is 0 Å². The van der Waals surface area contributed by atoms with Crippen molar-refractivity contribution in [1.29, 1.82) is 0 Å². The van der Waals surface area contributed by atoms with Crippen LogP contribution in [0.3, 0.4) is 0 Å². The molecular formula is C18H18N2O2S2. The predicted octanol–water partition coefficient (Wildman–Crippen LogP) is 3.77. The van der Waals surface area contributed by atoms with E-state index in [1.165, 1.54) is 0 Å². The van der Waals surface area contributed by atoms with Crippen molar-refractivity contribution in [2.24, 2.45) is 4.99 Å². The van der Waals surface area contributed by atoms with E-state index in [0.717, 1.165) is 33.6 Å². The van der Waals surface area contributed by atoms with Crippen LogP contribution < -0.4 is 5.32 Å². The molecule has 0 unspecified atom stereocenters. The van der Waals surface area contributed by atoms with Crippen molar-refractivity contribution in [2.45, 2.75) is 12.4 Å². The lowest BCUT2D eigenvalue weighted by atomic mass is 10.1. The van der Waals surface area contributed by atoms with Crippen LogP contribution in [0.5, 0.6) is 0 Å². The van der Waals surface area contributed by atoms with Gasteiger partial charge in [0.15, 0.2) is 0 Å². The fourth-order valence-corrected chi connectivity index (χ4v) is 4.37. The summed E-state index contributed by atoms with van der Waals surface area (Å²) in [6.07, 6.45) is 0. The maximum absolute atomic E-state index is 12.6. The molecule has 0 aliphatic carbocycles. The van der Waals surface area contributed by atoms with E-state index in [-0.39, 0.29) is 12.5 Å². The maximum atomic E-state index is 12.6. The highest BCUT2D eigenvalue weighted by molar-refractivity contribution is 8.38. The molecule has 1 amide bonds. The fraction of sp³-hybridized carbons (Fsp3) is 0.222. The molecule has 1 aliphatic rings. The Hall–Kier alpha value is -1.76. The zero-order chi connectivity index (χ0) is 16.8. The molecule has 1 aliphatic heterocycles. The van der Waals surface area contributed by atoms with Crippen molar-refractivity contribution >= 4 is 39.5 Å². The lowest BCUT2D eigenvalue weighted by Gasteiger charge is -2.10. The van der Waals surface area contributed by atoms with E-state index in [2.05, 4.69) is 10.3 Å². The van der Waals surface area contributed by atoms with Gasteiger partial charge in [0.2, 0.25) is 0 Å². The third-order valence-electron chi connectivity index (χ3n) is 3.54. The molecule has 0 spiro atoms. The van der Waals surface area contributed by atoms with Crippen molar-refractivity contribution in [2.75, 3.05) is 17.6 Å². The van der Waals surface area contributed by atoms with Crippen LogP contribution in [0.1, 0.15) is 21.5 Å². The first-order valence-corrected chi connectivity index (χ1v) is 9.62. The molecule has 2 aromatic carbocycles. The van der Waals surface area contributed by atoms with E-state index in [0.29, 0.717) is 11.3 Å². The normalized spacial score (nSPS) is 13.6. The monoisotopic (exact) mass is 358 g/mol. The lowest BCUT2D eigenvalue weighted by Crippen LogP contribution is -2.14. The zero-order valence-electron chi connectivity index (χ0n) is 13.1. The standard InChI is InChI=1S/C18H18N2O2S2/c21-11-13-4-3-6-15(10-13)20-17(22)16-7-2-1-5-14(16)12-24-18-19-8-9-23-18/h1-7,10,21H,8-9,11-12H2,(H,20,22). The minimum atomic E-state index is -0.137. The van der Waals surface area contributed by atoms with Gasteiger partial charge in [-0.3, -0.25) is 9.79 Å². The number of thioether (sulfide) groups is 2. The molecule has 0 fully saturated rings. The van der Waals surface area contributed by atoms with Crippen LogP contribution in [0.15, 0.2) is 53.5 Å². The van der Waals surface area contributed by atoms with E-state index in [1.54, 1.807) is 29.6 Å². The number of nitrogens with zero attached hydrogens (tertiary/aromatic N) is 1. The quantitative estimate of drug-likeness (QED) is 0.854. The number of aliphatic hydroxyl groups excluding tert-OH is 1. The molecule has 0 atom stereocenters. The summed E-state index contributed by atoms with van der Waals surface area (Å²) in [6.45, 7) is 0.840. The van der Waals surface area contributed by atoms with E-state index < -0.39 is 0 Å². The molecule has 3 rings (SSSR count). The van der Waals surface area contributed by atoms with E-state index in [4.69, 9.17) is 0 Å². The molecule has 2 aromatic rings. The molecular weight excluding hydrogens is 340 g/mol. The molecule has 124 valence electrons. The molecule has 0 saturated heterocycles. The third kappa shape index (κ3) is 4.41. The first-order chi connectivity index (χ1) is 11.8. The summed E-state index contributed by atoms with van der Waals surface area (Å²) in [6, 6.07) is 14.9. The summed E-state index contributed by atoms with van der Waals surface area (Å²) >= 11 is 3.45. The Morgan fingerprint density at radius 2 is 2.12 bits per heavy atom. The Morgan fingerprint density at radius 1 is 1.25 bits per heavy atom. The molecule has 1 heterocycles. The van der Waals surface area contributed by atoms with Crippen molar-refractivity contribution in [3.05, 3.63) is 65.2 Å². The SMILES string of the molecule is O=C(Nc1cccc(CO)c1)c1ccccc1CSC1=NCCS1. The molecule has 0 radical (unpaired) electrons. The van der Waals surface area contributed by atoms with Gasteiger partial charge in [-0.2, -0.15) is 0 Å². The number of hydrogen-bond acceptors (Lipinski definition) is 5. The number of aliphatic hydroxyl groups is 1. The smallest absolute Gasteiger partial charge is 0.255 e. The third-order valence-corrected chi connectivity index (χ3v) is 5.84. The number of rotatable bonds is 5. The van der Waals surface area contributed by atoms with Crippen LogP contribution in [0, 0.1) is 0 Å². The second kappa shape index (κ2) is 8.37. The molecule has 6 heteroatoms. The lowest BCUT2D eigenvalue weighted by molar-refractivity contribution is 0.102. The highest BCUT2D eigenvalue weighted by atomic mass is 32.2. The second-order valence-electron chi connectivity index (χ2n) is 5.25. The van der Waals surface area contributed by atoms with Crippen LogP contribution in [-0.4, -0.2) is 27.7 Å². The number of aliphatic imine (C=N–C) groups is 1. The van der Waals surface area contributed by atoms with Gasteiger partial charge >= 0.3 is 0 Å². The molecule has 0 aromatic heterocycles. The van der Waals surface area contributed by atoms with E-state index in [9.17, 15) is 9.90 Å². The van der Waals surface area contributed by atoms with Crippen LogP contribution >= 0.6 is 23.5 Å². The first-order valence-electron chi connectivity index (χ1n) is 7.65. The molecule has 2 N–H and O–H groups in total. The summed E-state index contributed by atoms with van der Waals surface area (Å²) in [5.41, 5.74) is 3.12. The number of carbonyl (C=O) groups is 1. The van der Waals surface area contributed by atoms with Gasteiger partial charge in [-0.15, -0.1) is 0 Å². The van der Waals surface area contributed by atoms with Crippen molar-refractivity contribution in [1.82, 2.24) is 0 Å². The van der Waals surface area contributed by atoms with Crippen molar-refractivity contribution in [3.8, 4) is 0 Å². The Balaban J connectivity index is 1.71. The number of hydrogen-bond donors (Lipinski definition) is 2. The first kappa shape index (κ1) is 17.1. The summed E-state index contributed by atoms with van der Waals surface area (Å²) in [4.78, 5) is 17.0. The number of carbonyl (C=O) groups excluding carboxylic acids is 1. The van der Waals surface area contributed by atoms with Crippen molar-refractivity contribution < 1.29 is 9.90 Å². The second-order valence-corrected chi connectivity index (χ2v) is 7.56. The summed E-state index contributed by atoms with van der Waals surface area (Å²) in [7, 11) is 0. The van der Waals surface area contributed by atoms with Gasteiger partial charge in [0, 0.05) is 22.8 Å². The minimum Gasteiger partial charge on any atom is -0.392 e. The summed E-state index contributed by atoms with van der Waals surface area (Å²) in [5.74, 6) is 1.64. The maximum Gasteiger partial charge on any atom is 0.255 e. The van der Waals surface area contributed by atoms with Gasteiger partial charge in [0.1, 0.15) is 4.38 Å². The van der Waals surface area contributed by atoms with Gasteiger partial charge < -0.3 is 10.4 Å². The van der Waals surface area contributed by atoms with Crippen LogP contribution in [-0.2, 0) is 12.4 Å². The van der Waals surface area contributed by atoms with Crippen LogP contribution in [0.4, 0.5) is 5.69 Å². The Kier molecular flexibility index (Phi) is 5.96. The largest absolute Gasteiger partial charge is 0.392 e. The summed E-state index contributed by atoms with van der Waals surface area (Å²) < 4.78 is 1.10. The van der Waals surface area contributed by atoms with E-state index >= 15 is 0 Å². The Bertz CT molecular complexity index is 762. The van der Waals surface area contributed by atoms with Gasteiger partial charge in [-0.25, -0.2) is 0 Å². The number of amides is 1. The van der Waals surface area contributed by atoms with Gasteiger partial charge in [0.25, 0.3) is 5.91 Å². The van der Waals surface area contributed by atoms with Crippen LogP contribution in [0.2, 0.25) is 0 Å². The number of anilines is 1. The molecule has 0 saturated carbocycles. The Labute approximate surface area is 149 Å². The zero-order valence-corrected chi connectivity index (χ0v) is 14.7. The fourth-order valence-electron chi connectivity index (χ4n) is 2.36.